The number of hydrogen-bond donors (Lipinski definition) is 1. The van der Waals surface area contributed by atoms with E-state index in [1.54, 1.807) is 0 Å². The minimum Gasteiger partial charge on any atom is -0.333 e. The molecule has 0 spiro atoms. The van der Waals surface area contributed by atoms with Gasteiger partial charge in [0.2, 0.25) is 0 Å². The lowest BCUT2D eigenvalue weighted by molar-refractivity contribution is 0.0660. The van der Waals surface area contributed by atoms with Gasteiger partial charge in [-0.3, -0.25) is 14.2 Å². The molecule has 0 bridgehead atoms. The van der Waals surface area contributed by atoms with Crippen molar-refractivity contribution in [1.82, 2.24) is 19.8 Å². The van der Waals surface area contributed by atoms with Crippen molar-refractivity contribution in [2.45, 2.75) is 52.1 Å². The highest BCUT2D eigenvalue weighted by atomic mass is 32.1. The van der Waals surface area contributed by atoms with E-state index in [1.165, 1.54) is 11.3 Å². The minimum atomic E-state index is 0.0306. The number of carbonyl (C=O) groups is 1. The Morgan fingerprint density at radius 1 is 1.28 bits per heavy atom. The zero-order valence-corrected chi connectivity index (χ0v) is 15.6. The lowest BCUT2D eigenvalue weighted by atomic mass is 10.1. The second kappa shape index (κ2) is 6.53. The van der Waals surface area contributed by atoms with Crippen LogP contribution in [0.4, 0.5) is 0 Å². The van der Waals surface area contributed by atoms with Gasteiger partial charge in [-0.2, -0.15) is 0 Å². The summed E-state index contributed by atoms with van der Waals surface area (Å²) in [6.45, 7) is 7.02. The van der Waals surface area contributed by atoms with Crippen molar-refractivity contribution in [2.24, 2.45) is 0 Å². The first-order valence-electron chi connectivity index (χ1n) is 9.12. The van der Waals surface area contributed by atoms with Crippen molar-refractivity contribution in [2.75, 3.05) is 19.6 Å². The number of rotatable bonds is 1. The summed E-state index contributed by atoms with van der Waals surface area (Å²) in [5.74, 6) is 0.917. The quantitative estimate of drug-likeness (QED) is 0.844. The van der Waals surface area contributed by atoms with Crippen molar-refractivity contribution in [3.05, 3.63) is 26.6 Å². The zero-order valence-electron chi connectivity index (χ0n) is 14.8. The second-order valence-corrected chi connectivity index (χ2v) is 8.08. The summed E-state index contributed by atoms with van der Waals surface area (Å²) in [6, 6.07) is 0.164. The Labute approximate surface area is 150 Å². The molecule has 4 rings (SSSR count). The first kappa shape index (κ1) is 16.7. The van der Waals surface area contributed by atoms with Crippen LogP contribution < -0.4 is 10.9 Å². The standard InChI is InChI=1S/C18H24N4O2S/c1-11-10-19-7-9-21(11)18(24)15-12(2)14-16(25-15)20-13-6-4-3-5-8-22(13)17(14)23/h11,19H,3-10H2,1-2H3. The summed E-state index contributed by atoms with van der Waals surface area (Å²) in [7, 11) is 0. The van der Waals surface area contributed by atoms with Crippen LogP contribution in [0.1, 0.15) is 47.2 Å². The molecule has 1 saturated heterocycles. The van der Waals surface area contributed by atoms with E-state index in [4.69, 9.17) is 4.98 Å². The van der Waals surface area contributed by atoms with E-state index < -0.39 is 0 Å². The number of aromatic nitrogens is 2. The van der Waals surface area contributed by atoms with E-state index in [9.17, 15) is 9.59 Å². The number of piperazine rings is 1. The van der Waals surface area contributed by atoms with Crippen LogP contribution >= 0.6 is 11.3 Å². The number of nitrogens with one attached hydrogen (secondary N) is 1. The number of nitrogens with zero attached hydrogens (tertiary/aromatic N) is 3. The van der Waals surface area contributed by atoms with E-state index in [1.807, 2.05) is 16.4 Å². The van der Waals surface area contributed by atoms with Crippen LogP contribution in [0.2, 0.25) is 0 Å². The third-order valence-electron chi connectivity index (χ3n) is 5.37. The first-order chi connectivity index (χ1) is 12.1. The molecule has 1 unspecified atom stereocenters. The highest BCUT2D eigenvalue weighted by Gasteiger charge is 2.28. The topological polar surface area (TPSA) is 67.2 Å². The molecule has 1 atom stereocenters. The summed E-state index contributed by atoms with van der Waals surface area (Å²) in [4.78, 5) is 34.2. The molecule has 2 aliphatic heterocycles. The monoisotopic (exact) mass is 360 g/mol. The largest absolute Gasteiger partial charge is 0.333 e. The molecule has 0 aliphatic carbocycles. The van der Waals surface area contributed by atoms with E-state index >= 15 is 0 Å². The van der Waals surface area contributed by atoms with Crippen LogP contribution in [-0.2, 0) is 13.0 Å². The fraction of sp³-hybridized carbons (Fsp3) is 0.611. The van der Waals surface area contributed by atoms with Gasteiger partial charge < -0.3 is 10.2 Å². The van der Waals surface area contributed by atoms with Crippen molar-refractivity contribution in [3.63, 3.8) is 0 Å². The van der Waals surface area contributed by atoms with Gasteiger partial charge >= 0.3 is 0 Å². The highest BCUT2D eigenvalue weighted by Crippen LogP contribution is 2.30. The molecular formula is C18H24N4O2S. The molecule has 2 aromatic rings. The molecule has 1 N–H and O–H groups in total. The molecule has 6 nitrogen and oxygen atoms in total. The molecule has 0 radical (unpaired) electrons. The van der Waals surface area contributed by atoms with Crippen molar-refractivity contribution >= 4 is 27.5 Å². The molecule has 0 saturated carbocycles. The van der Waals surface area contributed by atoms with Gasteiger partial charge in [0.25, 0.3) is 11.5 Å². The molecule has 4 heterocycles. The Hall–Kier alpha value is -1.73. The number of carbonyl (C=O) groups excluding carboxylic acids is 1. The van der Waals surface area contributed by atoms with Crippen LogP contribution in [-0.4, -0.2) is 46.0 Å². The third kappa shape index (κ3) is 2.79. The number of thiophene rings is 1. The van der Waals surface area contributed by atoms with Gasteiger partial charge in [-0.1, -0.05) is 6.42 Å². The highest BCUT2D eigenvalue weighted by molar-refractivity contribution is 7.20. The van der Waals surface area contributed by atoms with E-state index in [2.05, 4.69) is 12.2 Å². The molecule has 25 heavy (non-hydrogen) atoms. The molecule has 7 heteroatoms. The predicted molar refractivity (Wildman–Crippen MR) is 99.5 cm³/mol. The molecule has 1 fully saturated rings. The van der Waals surface area contributed by atoms with Gasteiger partial charge in [-0.05, 0) is 32.3 Å². The second-order valence-electron chi connectivity index (χ2n) is 7.08. The fourth-order valence-corrected chi connectivity index (χ4v) is 5.03. The van der Waals surface area contributed by atoms with Gasteiger partial charge in [-0.15, -0.1) is 11.3 Å². The van der Waals surface area contributed by atoms with Crippen LogP contribution in [0.25, 0.3) is 10.2 Å². The van der Waals surface area contributed by atoms with Gasteiger partial charge in [0.15, 0.2) is 0 Å². The van der Waals surface area contributed by atoms with Crippen LogP contribution in [0, 0.1) is 6.92 Å². The average molecular weight is 360 g/mol. The summed E-state index contributed by atoms with van der Waals surface area (Å²) in [5.41, 5.74) is 0.829. The van der Waals surface area contributed by atoms with Crippen LogP contribution in [0.5, 0.6) is 0 Å². The Bertz CT molecular complexity index is 885. The number of aryl methyl sites for hydroxylation is 2. The molecular weight excluding hydrogens is 336 g/mol. The Balaban J connectivity index is 1.81. The maximum Gasteiger partial charge on any atom is 0.264 e. The minimum absolute atomic E-state index is 0.0306. The van der Waals surface area contributed by atoms with Crippen molar-refractivity contribution < 1.29 is 4.79 Å². The average Bonchev–Trinajstić information content (AvgIpc) is 2.78. The smallest absolute Gasteiger partial charge is 0.264 e. The summed E-state index contributed by atoms with van der Waals surface area (Å²) < 4.78 is 1.83. The molecule has 2 aromatic heterocycles. The van der Waals surface area contributed by atoms with Gasteiger partial charge in [0.05, 0.1) is 10.3 Å². The third-order valence-corrected chi connectivity index (χ3v) is 6.54. The first-order valence-corrected chi connectivity index (χ1v) is 9.94. The lowest BCUT2D eigenvalue weighted by Gasteiger charge is -2.33. The van der Waals surface area contributed by atoms with Gasteiger partial charge in [0, 0.05) is 38.6 Å². The number of hydrogen-bond acceptors (Lipinski definition) is 5. The van der Waals surface area contributed by atoms with Gasteiger partial charge in [0.1, 0.15) is 10.7 Å². The zero-order chi connectivity index (χ0) is 17.6. The molecule has 2 aliphatic rings. The summed E-state index contributed by atoms with van der Waals surface area (Å²) in [5, 5.41) is 3.95. The predicted octanol–water partition coefficient (Wildman–Crippen LogP) is 1.93. The van der Waals surface area contributed by atoms with E-state index in [0.717, 1.165) is 61.5 Å². The van der Waals surface area contributed by atoms with Gasteiger partial charge in [-0.25, -0.2) is 4.98 Å². The Kier molecular flexibility index (Phi) is 4.37. The van der Waals surface area contributed by atoms with E-state index in [0.29, 0.717) is 16.8 Å². The van der Waals surface area contributed by atoms with Crippen LogP contribution in [0.3, 0.4) is 0 Å². The summed E-state index contributed by atoms with van der Waals surface area (Å²) in [6.07, 6.45) is 4.08. The van der Waals surface area contributed by atoms with E-state index in [-0.39, 0.29) is 17.5 Å². The molecule has 134 valence electrons. The van der Waals surface area contributed by atoms with Crippen LogP contribution in [0.15, 0.2) is 4.79 Å². The SMILES string of the molecule is Cc1c(C(=O)N2CCNCC2C)sc2nc3n(c(=O)c12)CCCCC3. The molecule has 1 amide bonds. The Morgan fingerprint density at radius 3 is 2.92 bits per heavy atom. The van der Waals surface area contributed by atoms with Crippen molar-refractivity contribution in [3.8, 4) is 0 Å². The Morgan fingerprint density at radius 2 is 2.12 bits per heavy atom. The maximum absolute atomic E-state index is 13.1. The lowest BCUT2D eigenvalue weighted by Crippen LogP contribution is -2.52. The van der Waals surface area contributed by atoms with Crippen molar-refractivity contribution in [1.29, 1.82) is 0 Å². The number of fused-ring (bicyclic) bond motifs is 2. The fourth-order valence-electron chi connectivity index (χ4n) is 3.89. The number of amides is 1. The summed E-state index contributed by atoms with van der Waals surface area (Å²) >= 11 is 1.39. The maximum atomic E-state index is 13.1. The molecule has 0 aromatic carbocycles. The normalized spacial score (nSPS) is 21.2.